The fourth-order valence-corrected chi connectivity index (χ4v) is 1.68. The number of benzene rings is 1. The molecule has 0 aliphatic heterocycles. The number of nitrogens with two attached hydrogens (primary N) is 1. The zero-order valence-electron chi connectivity index (χ0n) is 11.7. The Balaban J connectivity index is 3.22. The Morgan fingerprint density at radius 1 is 1.30 bits per heavy atom. The van der Waals surface area contributed by atoms with Crippen molar-refractivity contribution in [2.45, 2.75) is 38.3 Å². The Bertz CT molecular complexity index is 521. The Morgan fingerprint density at radius 3 is 2.35 bits per heavy atom. The van der Waals surface area contributed by atoms with Crippen LogP contribution in [-0.4, -0.2) is 27.8 Å². The summed E-state index contributed by atoms with van der Waals surface area (Å²) in [5.41, 5.74) is 3.52. The molecule has 6 heteroatoms. The number of hydrogen-bond acceptors (Lipinski definition) is 5. The monoisotopic (exact) mass is 281 g/mol. The number of phenolic OH excluding ortho intramolecular Hbond substituents is 1. The summed E-state index contributed by atoms with van der Waals surface area (Å²) in [6, 6.07) is 5.62. The first-order chi connectivity index (χ1) is 9.04. The van der Waals surface area contributed by atoms with Gasteiger partial charge in [-0.15, -0.1) is 0 Å². The minimum atomic E-state index is -1.85. The third-order valence-corrected chi connectivity index (χ3v) is 2.55. The SMILES string of the molecule is CC(C)(C)OC(=O)[C@@](N)(CC(=O)O)c1cccc(O)c1. The molecule has 0 aliphatic rings. The molecule has 1 aromatic rings. The molecule has 6 nitrogen and oxygen atoms in total. The second-order valence-electron chi connectivity index (χ2n) is 5.59. The van der Waals surface area contributed by atoms with E-state index in [0.717, 1.165) is 0 Å². The maximum Gasteiger partial charge on any atom is 0.331 e. The van der Waals surface area contributed by atoms with E-state index in [9.17, 15) is 14.7 Å². The first-order valence-corrected chi connectivity index (χ1v) is 6.08. The van der Waals surface area contributed by atoms with Crippen molar-refractivity contribution >= 4 is 11.9 Å². The average Bonchev–Trinajstić information content (AvgIpc) is 2.25. The summed E-state index contributed by atoms with van der Waals surface area (Å²) in [5, 5.41) is 18.4. The van der Waals surface area contributed by atoms with Gasteiger partial charge in [0.15, 0.2) is 5.54 Å². The Kier molecular flexibility index (Phi) is 4.39. The molecule has 1 atom stereocenters. The van der Waals surface area contributed by atoms with Gasteiger partial charge in [0.25, 0.3) is 0 Å². The van der Waals surface area contributed by atoms with Crippen molar-refractivity contribution in [3.8, 4) is 5.75 Å². The Labute approximate surface area is 117 Å². The number of esters is 1. The van der Waals surface area contributed by atoms with Gasteiger partial charge in [-0.05, 0) is 38.5 Å². The third kappa shape index (κ3) is 3.96. The molecule has 1 rings (SSSR count). The van der Waals surface area contributed by atoms with Gasteiger partial charge >= 0.3 is 11.9 Å². The van der Waals surface area contributed by atoms with E-state index in [0.29, 0.717) is 0 Å². The molecule has 110 valence electrons. The molecule has 0 aromatic heterocycles. The zero-order chi connectivity index (χ0) is 15.6. The number of hydrogen-bond donors (Lipinski definition) is 3. The number of carboxylic acid groups (broad SMARTS) is 1. The normalized spacial score (nSPS) is 14.4. The van der Waals surface area contributed by atoms with E-state index in [1.54, 1.807) is 20.8 Å². The molecule has 0 amide bonds. The molecule has 4 N–H and O–H groups in total. The second kappa shape index (κ2) is 5.50. The predicted octanol–water partition coefficient (Wildman–Crippen LogP) is 1.36. The Hall–Kier alpha value is -2.08. The van der Waals surface area contributed by atoms with Gasteiger partial charge in [-0.2, -0.15) is 0 Å². The van der Waals surface area contributed by atoms with Crippen LogP contribution in [0, 0.1) is 0 Å². The lowest BCUT2D eigenvalue weighted by molar-refractivity contribution is -0.165. The first kappa shape index (κ1) is 16.0. The van der Waals surface area contributed by atoms with Gasteiger partial charge in [0.1, 0.15) is 11.4 Å². The first-order valence-electron chi connectivity index (χ1n) is 6.08. The number of carbonyl (C=O) groups excluding carboxylic acids is 1. The van der Waals surface area contributed by atoms with E-state index in [2.05, 4.69) is 0 Å². The van der Waals surface area contributed by atoms with E-state index in [-0.39, 0.29) is 11.3 Å². The van der Waals surface area contributed by atoms with Crippen molar-refractivity contribution in [1.29, 1.82) is 0 Å². The minimum absolute atomic E-state index is 0.105. The lowest BCUT2D eigenvalue weighted by Gasteiger charge is -2.30. The maximum atomic E-state index is 12.2. The van der Waals surface area contributed by atoms with Crippen molar-refractivity contribution < 1.29 is 24.5 Å². The van der Waals surface area contributed by atoms with Crippen molar-refractivity contribution in [3.05, 3.63) is 29.8 Å². The van der Waals surface area contributed by atoms with Gasteiger partial charge in [0.05, 0.1) is 6.42 Å². The van der Waals surface area contributed by atoms with Crippen molar-refractivity contribution in [2.75, 3.05) is 0 Å². The molecular formula is C14H19NO5. The number of carboxylic acids is 1. The van der Waals surface area contributed by atoms with Crippen LogP contribution in [-0.2, 0) is 19.9 Å². The van der Waals surface area contributed by atoms with Crippen LogP contribution in [0.5, 0.6) is 5.75 Å². The molecule has 0 radical (unpaired) electrons. The summed E-state index contributed by atoms with van der Waals surface area (Å²) in [5.74, 6) is -2.19. The molecule has 0 fully saturated rings. The van der Waals surface area contributed by atoms with Crippen LogP contribution in [0.3, 0.4) is 0 Å². The van der Waals surface area contributed by atoms with Gasteiger partial charge in [0, 0.05) is 0 Å². The highest BCUT2D eigenvalue weighted by molar-refractivity contribution is 5.88. The molecule has 0 saturated carbocycles. The highest BCUT2D eigenvalue weighted by Gasteiger charge is 2.42. The molecule has 0 unspecified atom stereocenters. The van der Waals surface area contributed by atoms with Crippen LogP contribution in [0.15, 0.2) is 24.3 Å². The van der Waals surface area contributed by atoms with Gasteiger partial charge < -0.3 is 20.7 Å². The number of ether oxygens (including phenoxy) is 1. The Morgan fingerprint density at radius 2 is 1.90 bits per heavy atom. The zero-order valence-corrected chi connectivity index (χ0v) is 11.7. The van der Waals surface area contributed by atoms with E-state index >= 15 is 0 Å². The van der Waals surface area contributed by atoms with E-state index in [4.69, 9.17) is 15.6 Å². The van der Waals surface area contributed by atoms with Crippen molar-refractivity contribution in [3.63, 3.8) is 0 Å². The summed E-state index contributed by atoms with van der Waals surface area (Å²) >= 11 is 0. The van der Waals surface area contributed by atoms with E-state index in [1.807, 2.05) is 0 Å². The molecular weight excluding hydrogens is 262 g/mol. The number of rotatable bonds is 4. The molecule has 1 aromatic carbocycles. The molecule has 0 heterocycles. The van der Waals surface area contributed by atoms with Crippen LogP contribution in [0.25, 0.3) is 0 Å². The largest absolute Gasteiger partial charge is 0.508 e. The lowest BCUT2D eigenvalue weighted by Crippen LogP contribution is -2.49. The number of carbonyl (C=O) groups is 2. The quantitative estimate of drug-likeness (QED) is 0.719. The van der Waals surface area contributed by atoms with Crippen molar-refractivity contribution in [1.82, 2.24) is 0 Å². The highest BCUT2D eigenvalue weighted by atomic mass is 16.6. The summed E-state index contributed by atoms with van der Waals surface area (Å²) in [6.45, 7) is 4.98. The highest BCUT2D eigenvalue weighted by Crippen LogP contribution is 2.28. The minimum Gasteiger partial charge on any atom is -0.508 e. The molecule has 20 heavy (non-hydrogen) atoms. The van der Waals surface area contributed by atoms with Crippen LogP contribution < -0.4 is 5.73 Å². The van der Waals surface area contributed by atoms with Crippen LogP contribution in [0.4, 0.5) is 0 Å². The summed E-state index contributed by atoms with van der Waals surface area (Å²) in [7, 11) is 0. The summed E-state index contributed by atoms with van der Waals surface area (Å²) in [6.07, 6.45) is -0.634. The summed E-state index contributed by atoms with van der Waals surface area (Å²) in [4.78, 5) is 23.2. The van der Waals surface area contributed by atoms with E-state index in [1.165, 1.54) is 24.3 Å². The maximum absolute atomic E-state index is 12.2. The lowest BCUT2D eigenvalue weighted by atomic mass is 9.87. The topological polar surface area (TPSA) is 110 Å². The summed E-state index contributed by atoms with van der Waals surface area (Å²) < 4.78 is 5.19. The van der Waals surface area contributed by atoms with Gasteiger partial charge in [-0.25, -0.2) is 4.79 Å². The number of phenols is 1. The number of aromatic hydroxyl groups is 1. The molecule has 0 spiro atoms. The number of aliphatic carboxylic acids is 1. The van der Waals surface area contributed by atoms with Crippen LogP contribution in [0.2, 0.25) is 0 Å². The van der Waals surface area contributed by atoms with Crippen LogP contribution >= 0.6 is 0 Å². The average molecular weight is 281 g/mol. The molecule has 0 aliphatic carbocycles. The predicted molar refractivity (Wildman–Crippen MR) is 72.1 cm³/mol. The van der Waals surface area contributed by atoms with Crippen LogP contribution in [0.1, 0.15) is 32.8 Å². The fraction of sp³-hybridized carbons (Fsp3) is 0.429. The fourth-order valence-electron chi connectivity index (χ4n) is 1.68. The molecule has 0 bridgehead atoms. The van der Waals surface area contributed by atoms with Gasteiger partial charge in [-0.3, -0.25) is 4.79 Å². The van der Waals surface area contributed by atoms with E-state index < -0.39 is 29.5 Å². The third-order valence-electron chi connectivity index (χ3n) is 2.55. The second-order valence-corrected chi connectivity index (χ2v) is 5.59. The molecule has 0 saturated heterocycles. The standard InChI is InChI=1S/C14H19NO5/c1-13(2,3)20-12(19)14(15,8-11(17)18)9-5-4-6-10(16)7-9/h4-7,16H,8,15H2,1-3H3,(H,17,18)/t14-/m1/s1. The van der Waals surface area contributed by atoms with Gasteiger partial charge in [-0.1, -0.05) is 12.1 Å². The smallest absolute Gasteiger partial charge is 0.331 e. The van der Waals surface area contributed by atoms with Crippen molar-refractivity contribution in [2.24, 2.45) is 5.73 Å². The van der Waals surface area contributed by atoms with Gasteiger partial charge in [0.2, 0.25) is 0 Å².